The molecule has 14 nitrogen and oxygen atoms in total. The van der Waals surface area contributed by atoms with E-state index in [-0.39, 0.29) is 40.8 Å². The Morgan fingerprint density at radius 3 is 2.44 bits per heavy atom. The van der Waals surface area contributed by atoms with Crippen LogP contribution in [0.3, 0.4) is 0 Å². The molecule has 254 valence electrons. The van der Waals surface area contributed by atoms with Gasteiger partial charge in [0.2, 0.25) is 12.2 Å². The number of aromatic nitrogens is 1. The molecule has 3 aliphatic rings. The van der Waals surface area contributed by atoms with Crippen LogP contribution in [0.2, 0.25) is 0 Å². The average molecular weight is 735 g/mol. The molecule has 6 radical (unpaired) electrons. The molecule has 1 saturated carbocycles. The van der Waals surface area contributed by atoms with Gasteiger partial charge in [-0.25, -0.2) is 4.98 Å². The van der Waals surface area contributed by atoms with Crippen molar-refractivity contribution >= 4 is 88.1 Å². The van der Waals surface area contributed by atoms with Crippen LogP contribution in [0.4, 0.5) is 5.13 Å². The summed E-state index contributed by atoms with van der Waals surface area (Å²) in [7, 11) is 16.8. The fraction of sp³-hybridized carbons (Fsp3) is 0.556. The largest absolute Gasteiger partial charge is 0.458 e. The van der Waals surface area contributed by atoms with E-state index in [1.165, 1.54) is 11.3 Å². The summed E-state index contributed by atoms with van der Waals surface area (Å²) in [5.41, 5.74) is 7.49. The molecule has 2 aliphatic heterocycles. The van der Waals surface area contributed by atoms with Crippen LogP contribution in [0, 0.1) is 0 Å². The highest BCUT2D eigenvalue weighted by Crippen LogP contribution is 2.41. The molecule has 2 saturated heterocycles. The molecule has 10 atom stereocenters. The Morgan fingerprint density at radius 1 is 1.04 bits per heavy atom. The van der Waals surface area contributed by atoms with Crippen LogP contribution in [0.25, 0.3) is 6.08 Å². The summed E-state index contributed by atoms with van der Waals surface area (Å²) in [5, 5.41) is 37.4. The Labute approximate surface area is 298 Å². The zero-order valence-electron chi connectivity index (χ0n) is 25.5. The van der Waals surface area contributed by atoms with Crippen LogP contribution >= 0.6 is 47.5 Å². The summed E-state index contributed by atoms with van der Waals surface area (Å²) in [5.74, 6) is -0.0828. The lowest BCUT2D eigenvalue weighted by Crippen LogP contribution is -2.67. The van der Waals surface area contributed by atoms with Crippen molar-refractivity contribution in [3.8, 4) is 11.5 Å². The minimum atomic E-state index is -1.41. The van der Waals surface area contributed by atoms with Crippen molar-refractivity contribution in [3.63, 3.8) is 0 Å². The van der Waals surface area contributed by atoms with Crippen LogP contribution in [-0.2, 0) is 27.4 Å². The molecule has 0 bridgehead atoms. The number of aliphatic hydroxyl groups is 3. The minimum Gasteiger partial charge on any atom is -0.458 e. The molecular weight excluding hydrogens is 703 g/mol. The van der Waals surface area contributed by atoms with Gasteiger partial charge in [0.05, 0.1) is 35.3 Å². The second-order valence-corrected chi connectivity index (χ2v) is 13.7. The molecule has 5 rings (SSSR count). The second kappa shape index (κ2) is 17.5. The number of nitrogen functional groups attached to an aromatic ring is 1. The molecular formula is C27H32B3N3O11S4. The number of nitrogens with two attached hydrogens (primary N) is 1. The highest BCUT2D eigenvalue weighted by molar-refractivity contribution is 7.96. The maximum Gasteiger partial charge on any atom is 0.247 e. The number of aliphatic hydroxyl groups excluding tert-OH is 3. The van der Waals surface area contributed by atoms with E-state index in [9.17, 15) is 20.1 Å². The summed E-state index contributed by atoms with van der Waals surface area (Å²) >= 11 is 4.07. The summed E-state index contributed by atoms with van der Waals surface area (Å²) in [4.78, 5) is 17.6. The number of hydrogen-bond acceptors (Lipinski definition) is 17. The summed E-state index contributed by atoms with van der Waals surface area (Å²) in [6.07, 6.45) is -7.62. The first-order valence-corrected chi connectivity index (χ1v) is 18.2. The van der Waals surface area contributed by atoms with Crippen molar-refractivity contribution in [2.45, 2.75) is 68.1 Å². The minimum absolute atomic E-state index is 0.0898. The van der Waals surface area contributed by atoms with Gasteiger partial charge in [-0.05, 0) is 71.7 Å². The van der Waals surface area contributed by atoms with E-state index >= 15 is 0 Å². The summed E-state index contributed by atoms with van der Waals surface area (Å²) in [6, 6.07) is 3.84. The van der Waals surface area contributed by atoms with Crippen molar-refractivity contribution in [1.29, 1.82) is 0 Å². The van der Waals surface area contributed by atoms with Crippen molar-refractivity contribution < 1.29 is 51.6 Å². The number of carbonyl (C=O) groups excluding carboxylic acids is 1. The van der Waals surface area contributed by atoms with Gasteiger partial charge >= 0.3 is 0 Å². The molecule has 48 heavy (non-hydrogen) atoms. The SMILES string of the molecule is [B]CSOc1cc(/C=C(\C)C(=O)NC2C(O)C(O)C3OCOC3C2OSC[B])ccc1OC1OC(c2csc(N)n2)C(OSC[B])C1O. The highest BCUT2D eigenvalue weighted by atomic mass is 32.2. The van der Waals surface area contributed by atoms with E-state index in [1.807, 2.05) is 0 Å². The van der Waals surface area contributed by atoms with Gasteiger partial charge in [0.1, 0.15) is 55.6 Å². The van der Waals surface area contributed by atoms with E-state index < -0.39 is 67.1 Å². The molecule has 1 aliphatic carbocycles. The Balaban J connectivity index is 1.32. The fourth-order valence-corrected chi connectivity index (χ4v) is 7.20. The lowest BCUT2D eigenvalue weighted by atomic mass is 9.83. The lowest BCUT2D eigenvalue weighted by molar-refractivity contribution is -0.147. The van der Waals surface area contributed by atoms with E-state index in [0.717, 1.165) is 36.1 Å². The average Bonchev–Trinajstić information content (AvgIpc) is 3.81. The maximum absolute atomic E-state index is 13.3. The van der Waals surface area contributed by atoms with Gasteiger partial charge < -0.3 is 57.9 Å². The van der Waals surface area contributed by atoms with E-state index in [0.29, 0.717) is 16.4 Å². The molecule has 1 amide bonds. The fourth-order valence-electron chi connectivity index (χ4n) is 5.38. The number of nitrogens with zero attached hydrogens (tertiary/aromatic N) is 1. The van der Waals surface area contributed by atoms with Gasteiger partial charge in [0.15, 0.2) is 16.6 Å². The zero-order chi connectivity index (χ0) is 34.4. The zero-order valence-corrected chi connectivity index (χ0v) is 28.8. The van der Waals surface area contributed by atoms with Gasteiger partial charge in [-0.3, -0.25) is 4.79 Å². The number of thiazole rings is 1. The highest BCUT2D eigenvalue weighted by Gasteiger charge is 2.55. The molecule has 3 heterocycles. The van der Waals surface area contributed by atoms with E-state index in [1.54, 1.807) is 36.6 Å². The number of anilines is 1. The molecule has 10 unspecified atom stereocenters. The molecule has 2 aromatic rings. The predicted octanol–water partition coefficient (Wildman–Crippen LogP) is 0.399. The number of nitrogens with one attached hydrogen (secondary N) is 1. The summed E-state index contributed by atoms with van der Waals surface area (Å²) in [6.45, 7) is 1.49. The third kappa shape index (κ3) is 8.63. The van der Waals surface area contributed by atoms with Gasteiger partial charge in [-0.15, -0.1) is 11.3 Å². The number of carbonyl (C=O) groups is 1. The standard InChI is InChI=1S/C27H32B3N3O11S4/c1-11(25(37)33-16-17(34)18(35)22-24(39-10-38-22)21(16)43-47-8-29)4-12-2-3-14(15(5-12)42-46-7-28)40-26-19(36)23(44-48-9-30)20(41-26)13-6-45-27(31)32-13/h2-6,16-24,26,34-36H,7-10H2,1H3,(H2,31,32)(H,33,37)/b11-4+. The number of amides is 1. The topological polar surface area (TPSA) is 193 Å². The molecule has 21 heteroatoms. The maximum atomic E-state index is 13.3. The third-order valence-corrected chi connectivity index (χ3v) is 9.68. The number of hydrogen-bond donors (Lipinski definition) is 5. The predicted molar refractivity (Wildman–Crippen MR) is 184 cm³/mol. The number of fused-ring (bicyclic) bond motifs is 1. The Hall–Kier alpha value is -1.62. The Kier molecular flexibility index (Phi) is 13.8. The monoisotopic (exact) mass is 735 g/mol. The van der Waals surface area contributed by atoms with Gasteiger partial charge in [-0.1, -0.05) is 6.07 Å². The van der Waals surface area contributed by atoms with Crippen molar-refractivity contribution in [2.24, 2.45) is 0 Å². The van der Waals surface area contributed by atoms with Crippen LogP contribution in [-0.4, -0.2) is 129 Å². The third-order valence-electron chi connectivity index (χ3n) is 7.56. The van der Waals surface area contributed by atoms with Crippen LogP contribution in [0.1, 0.15) is 24.3 Å². The van der Waals surface area contributed by atoms with Gasteiger partial charge in [0, 0.05) is 23.0 Å². The van der Waals surface area contributed by atoms with Crippen molar-refractivity contribution in [2.75, 3.05) is 29.5 Å². The second-order valence-electron chi connectivity index (χ2n) is 10.6. The first-order chi connectivity index (χ1) is 23.2. The Bertz CT molecular complexity index is 1420. The number of benzene rings is 1. The summed E-state index contributed by atoms with van der Waals surface area (Å²) < 4.78 is 40.3. The quantitative estimate of drug-likeness (QED) is 0.0958. The van der Waals surface area contributed by atoms with Gasteiger partial charge in [-0.2, -0.15) is 0 Å². The first-order valence-electron chi connectivity index (χ1n) is 14.6. The lowest BCUT2D eigenvalue weighted by Gasteiger charge is -2.43. The molecule has 1 aromatic heterocycles. The molecule has 3 fully saturated rings. The normalized spacial score (nSPS) is 31.8. The molecule has 1 aromatic carbocycles. The van der Waals surface area contributed by atoms with E-state index in [2.05, 4.69) is 10.3 Å². The Morgan fingerprint density at radius 2 is 1.75 bits per heavy atom. The van der Waals surface area contributed by atoms with E-state index in [4.69, 9.17) is 60.8 Å². The van der Waals surface area contributed by atoms with Crippen molar-refractivity contribution in [1.82, 2.24) is 10.3 Å². The first kappa shape index (κ1) is 37.6. The van der Waals surface area contributed by atoms with Gasteiger partial charge in [0.25, 0.3) is 0 Å². The van der Waals surface area contributed by atoms with Crippen LogP contribution < -0.4 is 20.0 Å². The smallest absolute Gasteiger partial charge is 0.247 e. The van der Waals surface area contributed by atoms with Crippen molar-refractivity contribution in [3.05, 3.63) is 40.4 Å². The number of rotatable bonds is 15. The molecule has 0 spiro atoms. The number of ether oxygens (including phenoxy) is 4. The van der Waals surface area contributed by atoms with Crippen LogP contribution in [0.15, 0.2) is 29.2 Å². The van der Waals surface area contributed by atoms with Crippen LogP contribution in [0.5, 0.6) is 11.5 Å². The molecule has 6 N–H and O–H groups in total.